The van der Waals surface area contributed by atoms with Crippen LogP contribution in [0.15, 0.2) is 29.2 Å². The number of methoxy groups -OCH3 is 1. The molecule has 2 fully saturated rings. The van der Waals surface area contributed by atoms with Crippen LogP contribution in [0, 0.1) is 0 Å². The Morgan fingerprint density at radius 2 is 1.61 bits per heavy atom. The van der Waals surface area contributed by atoms with Gasteiger partial charge in [-0.15, -0.1) is 0 Å². The zero-order valence-electron chi connectivity index (χ0n) is 16.8. The predicted octanol–water partition coefficient (Wildman–Crippen LogP) is 2.82. The first-order chi connectivity index (χ1) is 13.5. The zero-order chi connectivity index (χ0) is 20.0. The lowest BCUT2D eigenvalue weighted by molar-refractivity contribution is -0.133. The highest BCUT2D eigenvalue weighted by molar-refractivity contribution is 7.89. The molecule has 0 atom stereocenters. The number of rotatable bonds is 6. The first kappa shape index (κ1) is 21.3. The summed E-state index contributed by atoms with van der Waals surface area (Å²) in [7, 11) is -1.69. The molecule has 0 aliphatic carbocycles. The Hall–Kier alpha value is -1.44. The van der Waals surface area contributed by atoms with Crippen LogP contribution in [0.1, 0.15) is 50.5 Å². The summed E-state index contributed by atoms with van der Waals surface area (Å²) in [5, 5.41) is 0. The quantitative estimate of drug-likeness (QED) is 0.726. The summed E-state index contributed by atoms with van der Waals surface area (Å²) in [6.07, 6.45) is 7.20. The average Bonchev–Trinajstić information content (AvgIpc) is 3.02. The van der Waals surface area contributed by atoms with Gasteiger partial charge in [0.15, 0.2) is 0 Å². The fraction of sp³-hybridized carbons (Fsp3) is 0.667. The van der Waals surface area contributed by atoms with E-state index in [2.05, 4.69) is 0 Å². The molecule has 2 heterocycles. The van der Waals surface area contributed by atoms with Gasteiger partial charge >= 0.3 is 0 Å². The van der Waals surface area contributed by atoms with E-state index in [0.717, 1.165) is 57.2 Å². The van der Waals surface area contributed by atoms with E-state index in [4.69, 9.17) is 4.74 Å². The van der Waals surface area contributed by atoms with Gasteiger partial charge in [0.2, 0.25) is 15.9 Å². The average molecular weight is 409 g/mol. The summed E-state index contributed by atoms with van der Waals surface area (Å²) in [6.45, 7) is 2.73. The Kier molecular flexibility index (Phi) is 7.48. The summed E-state index contributed by atoms with van der Waals surface area (Å²) < 4.78 is 32.6. The van der Waals surface area contributed by atoms with Crippen molar-refractivity contribution in [3.8, 4) is 0 Å². The molecule has 0 radical (unpaired) electrons. The number of aryl methyl sites for hydroxylation is 1. The lowest BCUT2D eigenvalue weighted by atomic mass is 10.1. The standard InChI is InChI=1S/C21H32N2O4S/c1-27-19-12-16-22(17-13-19)21(24)11-8-18-6-9-20(10-7-18)28(25,26)23-14-4-2-3-5-15-23/h6-7,9-10,19H,2-5,8,11-17H2,1H3. The van der Waals surface area contributed by atoms with Crippen LogP contribution < -0.4 is 0 Å². The van der Waals surface area contributed by atoms with E-state index < -0.39 is 10.0 Å². The van der Waals surface area contributed by atoms with Gasteiger partial charge in [0.1, 0.15) is 0 Å². The van der Waals surface area contributed by atoms with E-state index in [1.165, 1.54) is 0 Å². The van der Waals surface area contributed by atoms with Gasteiger partial charge in [-0.2, -0.15) is 4.31 Å². The van der Waals surface area contributed by atoms with Crippen molar-refractivity contribution in [2.45, 2.75) is 62.4 Å². The van der Waals surface area contributed by atoms with Crippen molar-refractivity contribution in [2.75, 3.05) is 33.3 Å². The fourth-order valence-corrected chi connectivity index (χ4v) is 5.53. The molecule has 156 valence electrons. The zero-order valence-corrected chi connectivity index (χ0v) is 17.6. The van der Waals surface area contributed by atoms with E-state index in [0.29, 0.717) is 30.8 Å². The first-order valence-corrected chi connectivity index (χ1v) is 11.8. The summed E-state index contributed by atoms with van der Waals surface area (Å²) >= 11 is 0. The summed E-state index contributed by atoms with van der Waals surface area (Å²) in [6, 6.07) is 7.05. The summed E-state index contributed by atoms with van der Waals surface area (Å²) in [5.74, 6) is 0.163. The molecule has 2 aliphatic heterocycles. The highest BCUT2D eigenvalue weighted by Crippen LogP contribution is 2.21. The minimum atomic E-state index is -3.41. The number of sulfonamides is 1. The van der Waals surface area contributed by atoms with Crippen LogP contribution in [0.2, 0.25) is 0 Å². The van der Waals surface area contributed by atoms with Gasteiger partial charge in [-0.3, -0.25) is 4.79 Å². The van der Waals surface area contributed by atoms with Crippen LogP contribution in [-0.2, 0) is 26.0 Å². The molecular formula is C21H32N2O4S. The fourth-order valence-electron chi connectivity index (χ4n) is 4.01. The Labute approximate surface area is 168 Å². The van der Waals surface area contributed by atoms with Gasteiger partial charge in [0.05, 0.1) is 11.0 Å². The second kappa shape index (κ2) is 9.85. The third kappa shape index (κ3) is 5.33. The van der Waals surface area contributed by atoms with Gasteiger partial charge in [-0.05, 0) is 49.8 Å². The number of carbonyl (C=O) groups excluding carboxylic acids is 1. The highest BCUT2D eigenvalue weighted by Gasteiger charge is 2.25. The molecule has 0 aromatic heterocycles. The molecule has 6 nitrogen and oxygen atoms in total. The van der Waals surface area contributed by atoms with E-state index in [1.54, 1.807) is 23.5 Å². The lowest BCUT2D eigenvalue weighted by Gasteiger charge is -2.31. The molecule has 0 unspecified atom stereocenters. The minimum Gasteiger partial charge on any atom is -0.381 e. The molecular weight excluding hydrogens is 376 g/mol. The molecule has 0 bridgehead atoms. The lowest BCUT2D eigenvalue weighted by Crippen LogP contribution is -2.40. The van der Waals surface area contributed by atoms with E-state index in [1.807, 2.05) is 17.0 Å². The van der Waals surface area contributed by atoms with Crippen LogP contribution in [0.3, 0.4) is 0 Å². The Balaban J connectivity index is 1.53. The van der Waals surface area contributed by atoms with Crippen molar-refractivity contribution in [2.24, 2.45) is 0 Å². The molecule has 1 amide bonds. The number of amides is 1. The van der Waals surface area contributed by atoms with Crippen molar-refractivity contribution in [1.82, 2.24) is 9.21 Å². The van der Waals surface area contributed by atoms with Crippen LogP contribution >= 0.6 is 0 Å². The molecule has 0 saturated carbocycles. The Morgan fingerprint density at radius 1 is 1.00 bits per heavy atom. The van der Waals surface area contributed by atoms with E-state index >= 15 is 0 Å². The number of hydrogen-bond acceptors (Lipinski definition) is 4. The molecule has 1 aromatic carbocycles. The number of benzene rings is 1. The van der Waals surface area contributed by atoms with Crippen LogP contribution in [0.5, 0.6) is 0 Å². The predicted molar refractivity (Wildman–Crippen MR) is 109 cm³/mol. The van der Waals surface area contributed by atoms with Crippen molar-refractivity contribution < 1.29 is 17.9 Å². The normalized spacial score (nSPS) is 20.1. The number of piperidine rings is 1. The van der Waals surface area contributed by atoms with Gasteiger partial charge in [0.25, 0.3) is 0 Å². The highest BCUT2D eigenvalue weighted by atomic mass is 32.2. The van der Waals surface area contributed by atoms with Crippen molar-refractivity contribution >= 4 is 15.9 Å². The smallest absolute Gasteiger partial charge is 0.243 e. The number of likely N-dealkylation sites (tertiary alicyclic amines) is 1. The monoisotopic (exact) mass is 408 g/mol. The molecule has 2 aliphatic rings. The largest absolute Gasteiger partial charge is 0.381 e. The number of ether oxygens (including phenoxy) is 1. The van der Waals surface area contributed by atoms with Crippen molar-refractivity contribution in [3.05, 3.63) is 29.8 Å². The second-order valence-corrected chi connectivity index (χ2v) is 9.72. The molecule has 3 rings (SSSR count). The molecule has 28 heavy (non-hydrogen) atoms. The number of carbonyl (C=O) groups is 1. The molecule has 1 aromatic rings. The van der Waals surface area contributed by atoms with E-state index in [-0.39, 0.29) is 12.0 Å². The van der Waals surface area contributed by atoms with Gasteiger partial charge in [0, 0.05) is 39.7 Å². The van der Waals surface area contributed by atoms with Crippen molar-refractivity contribution in [1.29, 1.82) is 0 Å². The topological polar surface area (TPSA) is 66.9 Å². The van der Waals surface area contributed by atoms with Crippen molar-refractivity contribution in [3.63, 3.8) is 0 Å². The SMILES string of the molecule is COC1CCN(C(=O)CCc2ccc(S(=O)(=O)N3CCCCCC3)cc2)CC1. The third-order valence-electron chi connectivity index (χ3n) is 5.88. The molecule has 7 heteroatoms. The van der Waals surface area contributed by atoms with Gasteiger partial charge in [-0.1, -0.05) is 25.0 Å². The number of hydrogen-bond donors (Lipinski definition) is 0. The summed E-state index contributed by atoms with van der Waals surface area (Å²) in [5.41, 5.74) is 0.995. The third-order valence-corrected chi connectivity index (χ3v) is 7.79. The Bertz CT molecular complexity index is 732. The van der Waals surface area contributed by atoms with Crippen LogP contribution in [0.25, 0.3) is 0 Å². The van der Waals surface area contributed by atoms with Crippen LogP contribution in [-0.4, -0.2) is 62.9 Å². The maximum Gasteiger partial charge on any atom is 0.243 e. The number of nitrogens with zero attached hydrogens (tertiary/aromatic N) is 2. The molecule has 2 saturated heterocycles. The van der Waals surface area contributed by atoms with Crippen LogP contribution in [0.4, 0.5) is 0 Å². The van der Waals surface area contributed by atoms with Gasteiger partial charge in [-0.25, -0.2) is 8.42 Å². The Morgan fingerprint density at radius 3 is 2.18 bits per heavy atom. The maximum atomic E-state index is 12.8. The first-order valence-electron chi connectivity index (χ1n) is 10.4. The molecule has 0 N–H and O–H groups in total. The second-order valence-electron chi connectivity index (χ2n) is 7.78. The van der Waals surface area contributed by atoms with E-state index in [9.17, 15) is 13.2 Å². The summed E-state index contributed by atoms with van der Waals surface area (Å²) in [4.78, 5) is 14.7. The van der Waals surface area contributed by atoms with Gasteiger partial charge < -0.3 is 9.64 Å². The molecule has 0 spiro atoms. The minimum absolute atomic E-state index is 0.163. The maximum absolute atomic E-state index is 12.8.